The molecule has 0 aliphatic carbocycles. The van der Waals surface area contributed by atoms with Crippen LogP contribution in [0.2, 0.25) is 0 Å². The van der Waals surface area contributed by atoms with Gasteiger partial charge in [-0.05, 0) is 43.4 Å². The summed E-state index contributed by atoms with van der Waals surface area (Å²) in [6.45, 7) is -1.11. The van der Waals surface area contributed by atoms with Crippen molar-refractivity contribution in [2.75, 3.05) is 26.2 Å². The van der Waals surface area contributed by atoms with Crippen LogP contribution in [0.25, 0.3) is 0 Å². The van der Waals surface area contributed by atoms with Crippen molar-refractivity contribution in [3.05, 3.63) is 29.8 Å². The van der Waals surface area contributed by atoms with E-state index in [1.54, 1.807) is 0 Å². The number of phenolic OH excluding ortho intramolecular Hbond substituents is 1. The maximum Gasteiger partial charge on any atom is 0.326 e. The number of nitrogens with two attached hydrogens (primary N) is 5. The minimum atomic E-state index is -1.46. The van der Waals surface area contributed by atoms with Crippen molar-refractivity contribution in [3.63, 3.8) is 0 Å². The summed E-state index contributed by atoms with van der Waals surface area (Å²) in [4.78, 5) is 70.1. The third-order valence-electron chi connectivity index (χ3n) is 6.13. The molecule has 19 nitrogen and oxygen atoms in total. The molecule has 0 radical (unpaired) electrons. The van der Waals surface area contributed by atoms with Crippen LogP contribution in [0.1, 0.15) is 31.2 Å². The van der Waals surface area contributed by atoms with Crippen molar-refractivity contribution < 1.29 is 39.3 Å². The van der Waals surface area contributed by atoms with Gasteiger partial charge < -0.3 is 65.3 Å². The first-order valence-corrected chi connectivity index (χ1v) is 13.9. The van der Waals surface area contributed by atoms with Gasteiger partial charge in [0.2, 0.25) is 23.6 Å². The third-order valence-corrected chi connectivity index (χ3v) is 6.13. The molecule has 45 heavy (non-hydrogen) atoms. The Morgan fingerprint density at radius 2 is 1.31 bits per heavy atom. The van der Waals surface area contributed by atoms with Crippen LogP contribution >= 0.6 is 0 Å². The van der Waals surface area contributed by atoms with E-state index >= 15 is 0 Å². The molecule has 0 unspecified atom stereocenters. The number of aliphatic imine (C=N–C) groups is 2. The number of aliphatic carboxylic acids is 1. The number of amides is 4. The van der Waals surface area contributed by atoms with Crippen molar-refractivity contribution in [1.82, 2.24) is 21.3 Å². The lowest BCUT2D eigenvalue weighted by atomic mass is 10.1. The summed E-state index contributed by atoms with van der Waals surface area (Å²) < 4.78 is 0. The van der Waals surface area contributed by atoms with Crippen LogP contribution in [0.15, 0.2) is 34.3 Å². The molecule has 0 aromatic heterocycles. The van der Waals surface area contributed by atoms with Crippen molar-refractivity contribution in [2.45, 2.75) is 56.3 Å². The van der Waals surface area contributed by atoms with E-state index in [0.717, 1.165) is 0 Å². The Morgan fingerprint density at radius 3 is 1.84 bits per heavy atom. The topological polar surface area (TPSA) is 349 Å². The number of nitrogens with one attached hydrogen (secondary N) is 4. The van der Waals surface area contributed by atoms with Gasteiger partial charge in [0.15, 0.2) is 11.9 Å². The Bertz CT molecular complexity index is 1200. The van der Waals surface area contributed by atoms with Crippen molar-refractivity contribution in [2.24, 2.45) is 38.7 Å². The average Bonchev–Trinajstić information content (AvgIpc) is 2.98. The van der Waals surface area contributed by atoms with E-state index in [9.17, 15) is 39.3 Å². The number of rotatable bonds is 20. The number of aliphatic hydroxyl groups is 1. The maximum absolute atomic E-state index is 13.0. The SMILES string of the molecule is NC(N)=NCCC[C@H](NC(=O)[C@H](CO)NC(=O)[C@@H](N)CCCN=C(N)N)C(=O)NCC(=O)N[C@@H](Cc1ccc(O)cc1)C(=O)O. The number of hydrogen-bond donors (Lipinski definition) is 12. The van der Waals surface area contributed by atoms with Crippen molar-refractivity contribution in [1.29, 1.82) is 0 Å². The monoisotopic (exact) mass is 637 g/mol. The first kappa shape index (κ1) is 37.9. The van der Waals surface area contributed by atoms with Crippen LogP contribution in [-0.4, -0.2) is 107 Å². The van der Waals surface area contributed by atoms with Gasteiger partial charge in [-0.3, -0.25) is 29.2 Å². The van der Waals surface area contributed by atoms with Crippen molar-refractivity contribution >= 4 is 41.5 Å². The number of guanidine groups is 2. The van der Waals surface area contributed by atoms with Crippen LogP contribution in [-0.2, 0) is 30.4 Å². The number of aliphatic hydroxyl groups excluding tert-OH is 1. The lowest BCUT2D eigenvalue weighted by Gasteiger charge is -2.23. The largest absolute Gasteiger partial charge is 0.508 e. The van der Waals surface area contributed by atoms with Gasteiger partial charge in [0, 0.05) is 19.5 Å². The molecular formula is C26H43N11O8. The second-order valence-electron chi connectivity index (χ2n) is 9.86. The molecule has 0 spiro atoms. The number of hydrogen-bond acceptors (Lipinski definition) is 10. The molecule has 0 heterocycles. The molecule has 0 bridgehead atoms. The molecule has 0 saturated heterocycles. The number of carbonyl (C=O) groups excluding carboxylic acids is 4. The highest BCUT2D eigenvalue weighted by Gasteiger charge is 2.28. The molecule has 250 valence electrons. The zero-order valence-corrected chi connectivity index (χ0v) is 24.6. The summed E-state index contributed by atoms with van der Waals surface area (Å²) in [5.74, 6) is -4.91. The third kappa shape index (κ3) is 15.7. The van der Waals surface area contributed by atoms with Gasteiger partial charge in [0.05, 0.1) is 19.2 Å². The zero-order chi connectivity index (χ0) is 33.9. The van der Waals surface area contributed by atoms with E-state index in [1.807, 2.05) is 0 Å². The van der Waals surface area contributed by atoms with Crippen LogP contribution in [0.4, 0.5) is 0 Å². The molecule has 17 N–H and O–H groups in total. The Hall–Kier alpha value is -5.17. The Balaban J connectivity index is 2.82. The van der Waals surface area contributed by atoms with Crippen LogP contribution in [0, 0.1) is 0 Å². The first-order chi connectivity index (χ1) is 21.2. The predicted octanol–water partition coefficient (Wildman–Crippen LogP) is -4.98. The highest BCUT2D eigenvalue weighted by atomic mass is 16.4. The normalized spacial score (nSPS) is 13.2. The highest BCUT2D eigenvalue weighted by molar-refractivity contribution is 5.94. The van der Waals surface area contributed by atoms with Gasteiger partial charge in [0.25, 0.3) is 0 Å². The van der Waals surface area contributed by atoms with E-state index in [0.29, 0.717) is 12.0 Å². The average molecular weight is 638 g/mol. The minimum absolute atomic E-state index is 0.00895. The molecule has 19 heteroatoms. The highest BCUT2D eigenvalue weighted by Crippen LogP contribution is 2.11. The second kappa shape index (κ2) is 19.9. The van der Waals surface area contributed by atoms with Gasteiger partial charge in [-0.25, -0.2) is 4.79 Å². The fourth-order valence-electron chi connectivity index (χ4n) is 3.77. The standard InChI is InChI=1S/C26H43N11O8/c27-16(3-1-9-32-25(28)29)21(41)37-19(13-38)23(43)36-17(4-2-10-33-26(30)31)22(42)34-12-20(40)35-18(24(44)45)11-14-5-7-15(39)8-6-14/h5-8,16-19,38-39H,1-4,9-13,27H2,(H,34,42)(H,35,40)(H,36,43)(H,37,41)(H,44,45)(H4,28,29,32)(H4,30,31,33)/t16-,17-,18-,19-/m0/s1. The summed E-state index contributed by atoms with van der Waals surface area (Å²) in [5, 5.41) is 38.0. The molecule has 1 rings (SSSR count). The van der Waals surface area contributed by atoms with E-state index in [1.165, 1.54) is 24.3 Å². The Kier molecular flexibility index (Phi) is 16.7. The summed E-state index contributed by atoms with van der Waals surface area (Å²) in [6, 6.07) is 0.647. The molecule has 1 aromatic rings. The molecule has 0 aliphatic rings. The van der Waals surface area contributed by atoms with Gasteiger partial charge in [-0.15, -0.1) is 0 Å². The van der Waals surface area contributed by atoms with E-state index in [-0.39, 0.29) is 56.4 Å². The van der Waals surface area contributed by atoms with Gasteiger partial charge in [0.1, 0.15) is 23.9 Å². The van der Waals surface area contributed by atoms with E-state index in [2.05, 4.69) is 31.3 Å². The predicted molar refractivity (Wildman–Crippen MR) is 163 cm³/mol. The number of carboxylic acid groups (broad SMARTS) is 1. The fraction of sp³-hybridized carbons (Fsp3) is 0.500. The van der Waals surface area contributed by atoms with Gasteiger partial charge in [-0.2, -0.15) is 0 Å². The Labute approximate surface area is 259 Å². The lowest BCUT2D eigenvalue weighted by Crippen LogP contribution is -2.57. The lowest BCUT2D eigenvalue weighted by molar-refractivity contribution is -0.141. The van der Waals surface area contributed by atoms with Crippen molar-refractivity contribution in [3.8, 4) is 5.75 Å². The van der Waals surface area contributed by atoms with Crippen LogP contribution in [0.3, 0.4) is 0 Å². The summed E-state index contributed by atoms with van der Waals surface area (Å²) in [5.41, 5.74) is 27.5. The number of nitrogens with zero attached hydrogens (tertiary/aromatic N) is 2. The van der Waals surface area contributed by atoms with Crippen LogP contribution in [0.5, 0.6) is 5.75 Å². The van der Waals surface area contributed by atoms with E-state index in [4.69, 9.17) is 28.7 Å². The molecule has 0 saturated carbocycles. The second-order valence-corrected chi connectivity index (χ2v) is 9.86. The molecular weight excluding hydrogens is 594 g/mol. The molecule has 0 aliphatic heterocycles. The number of phenols is 1. The van der Waals surface area contributed by atoms with Crippen LogP contribution < -0.4 is 49.9 Å². The molecule has 4 amide bonds. The zero-order valence-electron chi connectivity index (χ0n) is 24.6. The number of aromatic hydroxyl groups is 1. The molecule has 1 aromatic carbocycles. The van der Waals surface area contributed by atoms with E-state index < -0.39 is 66.9 Å². The quantitative estimate of drug-likeness (QED) is 0.0362. The fourth-order valence-corrected chi connectivity index (χ4v) is 3.77. The summed E-state index contributed by atoms with van der Waals surface area (Å²) in [6.07, 6.45) is 0.668. The van der Waals surface area contributed by atoms with Gasteiger partial charge >= 0.3 is 5.97 Å². The Morgan fingerprint density at radius 1 is 0.756 bits per heavy atom. The number of benzene rings is 1. The first-order valence-electron chi connectivity index (χ1n) is 13.9. The maximum atomic E-state index is 13.0. The number of carboxylic acids is 1. The summed E-state index contributed by atoms with van der Waals surface area (Å²) in [7, 11) is 0. The molecule has 4 atom stereocenters. The smallest absolute Gasteiger partial charge is 0.326 e. The number of carbonyl (C=O) groups is 5. The minimum Gasteiger partial charge on any atom is -0.508 e. The summed E-state index contributed by atoms with van der Waals surface area (Å²) >= 11 is 0. The van der Waals surface area contributed by atoms with Gasteiger partial charge in [-0.1, -0.05) is 12.1 Å². The molecule has 0 fully saturated rings.